The molecule has 0 radical (unpaired) electrons. The third kappa shape index (κ3) is 3.09. The van der Waals surface area contributed by atoms with E-state index in [0.29, 0.717) is 16.9 Å². The number of imide groups is 1. The number of amides is 2. The number of nitrogens with zero attached hydrogens (tertiary/aromatic N) is 3. The van der Waals surface area contributed by atoms with Gasteiger partial charge in [-0.3, -0.25) is 19.4 Å². The van der Waals surface area contributed by atoms with Crippen LogP contribution in [0, 0.1) is 5.82 Å². The number of aromatic nitrogens is 1. The molecule has 0 saturated carbocycles. The van der Waals surface area contributed by atoms with Gasteiger partial charge in [0.15, 0.2) is 6.10 Å². The zero-order valence-corrected chi connectivity index (χ0v) is 18.5. The Labute approximate surface area is 201 Å². The molecule has 6 rings (SSSR count). The first-order chi connectivity index (χ1) is 17.1. The molecule has 1 aromatic heterocycles. The highest BCUT2D eigenvalue weighted by Gasteiger charge is 2.72. The molecule has 2 saturated heterocycles. The van der Waals surface area contributed by atoms with E-state index in [9.17, 15) is 14.0 Å². The highest BCUT2D eigenvalue weighted by Crippen LogP contribution is 2.56. The van der Waals surface area contributed by atoms with Crippen molar-refractivity contribution in [1.82, 2.24) is 4.98 Å². The molecule has 0 bridgehead atoms. The zero-order valence-electron chi connectivity index (χ0n) is 18.5. The molecule has 0 spiro atoms. The van der Waals surface area contributed by atoms with Gasteiger partial charge in [-0.15, -0.1) is 0 Å². The Morgan fingerprint density at radius 3 is 2.06 bits per heavy atom. The molecule has 3 aromatic carbocycles. The Balaban J connectivity index is 1.61. The van der Waals surface area contributed by atoms with Crippen molar-refractivity contribution in [1.29, 1.82) is 0 Å². The summed E-state index contributed by atoms with van der Waals surface area (Å²) < 4.78 is 13.6. The van der Waals surface area contributed by atoms with Crippen molar-refractivity contribution < 1.29 is 18.8 Å². The summed E-state index contributed by atoms with van der Waals surface area (Å²) in [6.07, 6.45) is 2.19. The number of para-hydroxylation sites is 1. The molecule has 7 heteroatoms. The van der Waals surface area contributed by atoms with E-state index in [1.54, 1.807) is 17.5 Å². The van der Waals surface area contributed by atoms with Crippen LogP contribution in [0.4, 0.5) is 15.8 Å². The van der Waals surface area contributed by atoms with Crippen LogP contribution in [0.2, 0.25) is 0 Å². The molecule has 4 aromatic rings. The number of halogens is 1. The second kappa shape index (κ2) is 8.14. The van der Waals surface area contributed by atoms with Crippen LogP contribution in [0.25, 0.3) is 0 Å². The minimum absolute atomic E-state index is 0.300. The number of hydrogen-bond acceptors (Lipinski definition) is 5. The van der Waals surface area contributed by atoms with Gasteiger partial charge in [0.05, 0.1) is 11.4 Å². The lowest BCUT2D eigenvalue weighted by molar-refractivity contribution is -0.126. The molecular weight excluding hydrogens is 445 g/mol. The maximum absolute atomic E-state index is 14.5. The van der Waals surface area contributed by atoms with E-state index in [-0.39, 0.29) is 0 Å². The van der Waals surface area contributed by atoms with Crippen LogP contribution in [0.5, 0.6) is 0 Å². The first-order valence-corrected chi connectivity index (χ1v) is 11.2. The lowest BCUT2D eigenvalue weighted by Gasteiger charge is -2.35. The Morgan fingerprint density at radius 1 is 0.771 bits per heavy atom. The highest BCUT2D eigenvalue weighted by molar-refractivity contribution is 6.28. The van der Waals surface area contributed by atoms with Gasteiger partial charge < -0.3 is 0 Å². The number of carbonyl (C=O) groups excluding carboxylic acids is 2. The van der Waals surface area contributed by atoms with Crippen molar-refractivity contribution in [3.05, 3.63) is 126 Å². The van der Waals surface area contributed by atoms with E-state index >= 15 is 0 Å². The van der Waals surface area contributed by atoms with E-state index < -0.39 is 35.2 Å². The summed E-state index contributed by atoms with van der Waals surface area (Å²) in [6.45, 7) is 0. The third-order valence-corrected chi connectivity index (χ3v) is 6.67. The molecule has 0 N–H and O–H groups in total. The molecule has 2 aliphatic heterocycles. The van der Waals surface area contributed by atoms with Crippen LogP contribution in [0.3, 0.4) is 0 Å². The minimum Gasteiger partial charge on any atom is -0.273 e. The van der Waals surface area contributed by atoms with E-state index in [1.165, 1.54) is 24.3 Å². The van der Waals surface area contributed by atoms with Gasteiger partial charge in [0.25, 0.3) is 5.91 Å². The van der Waals surface area contributed by atoms with E-state index in [0.717, 1.165) is 10.5 Å². The number of benzene rings is 3. The van der Waals surface area contributed by atoms with Crippen LogP contribution < -0.4 is 9.96 Å². The van der Waals surface area contributed by atoms with Gasteiger partial charge in [-0.1, -0.05) is 48.5 Å². The fourth-order valence-corrected chi connectivity index (χ4v) is 5.17. The predicted molar refractivity (Wildman–Crippen MR) is 128 cm³/mol. The molecule has 3 atom stereocenters. The molecule has 2 aliphatic rings. The number of carbonyl (C=O) groups is 2. The number of hydrogen-bond donors (Lipinski definition) is 0. The quantitative estimate of drug-likeness (QED) is 0.413. The first kappa shape index (κ1) is 21.2. The molecule has 3 heterocycles. The normalized spacial score (nSPS) is 23.6. The summed E-state index contributed by atoms with van der Waals surface area (Å²) in [6, 6.07) is 26.9. The van der Waals surface area contributed by atoms with Crippen molar-refractivity contribution in [2.75, 3.05) is 9.96 Å². The molecule has 3 unspecified atom stereocenters. The smallest absolute Gasteiger partial charge is 0.267 e. The molecule has 6 nitrogen and oxygen atoms in total. The van der Waals surface area contributed by atoms with Crippen LogP contribution in [0.1, 0.15) is 17.2 Å². The van der Waals surface area contributed by atoms with Gasteiger partial charge in [-0.2, -0.15) is 0 Å². The van der Waals surface area contributed by atoms with Gasteiger partial charge in [0, 0.05) is 12.4 Å². The van der Waals surface area contributed by atoms with Gasteiger partial charge >= 0.3 is 0 Å². The van der Waals surface area contributed by atoms with Crippen molar-refractivity contribution in [3.63, 3.8) is 0 Å². The minimum atomic E-state index is -1.38. The summed E-state index contributed by atoms with van der Waals surface area (Å²) in [5, 5.41) is 1.66. The van der Waals surface area contributed by atoms with Crippen molar-refractivity contribution >= 4 is 23.2 Å². The largest absolute Gasteiger partial charge is 0.273 e. The monoisotopic (exact) mass is 465 g/mol. The number of pyridine rings is 1. The zero-order chi connectivity index (χ0) is 24.0. The highest BCUT2D eigenvalue weighted by atomic mass is 19.1. The Bertz CT molecular complexity index is 1380. The summed E-state index contributed by atoms with van der Waals surface area (Å²) in [5.41, 5.74) is 1.07. The standard InChI is InChI=1S/C28H20FN3O3/c29-21-11-13-22(14-12-21)31-26(33)25-28(27(31)34,20-7-3-1-4-8-20)24(19-15-17-30-18-16-19)32(35-25)23-9-5-2-6-10-23/h1-18,24-25H. The summed E-state index contributed by atoms with van der Waals surface area (Å²) in [7, 11) is 0. The van der Waals surface area contributed by atoms with Crippen molar-refractivity contribution in [2.24, 2.45) is 0 Å². The third-order valence-electron chi connectivity index (χ3n) is 6.67. The van der Waals surface area contributed by atoms with Gasteiger partial charge in [0.2, 0.25) is 5.91 Å². The molecule has 2 amide bonds. The topological polar surface area (TPSA) is 62.7 Å². The molecule has 172 valence electrons. The summed E-state index contributed by atoms with van der Waals surface area (Å²) in [5.74, 6) is -1.37. The number of anilines is 2. The SMILES string of the molecule is O=C1C2ON(c3ccccc3)C(c3ccncc3)C2(c2ccccc2)C(=O)N1c1ccc(F)cc1. The number of rotatable bonds is 4. The Hall–Kier alpha value is -4.36. The molecule has 35 heavy (non-hydrogen) atoms. The van der Waals surface area contributed by atoms with Crippen LogP contribution in [-0.4, -0.2) is 22.9 Å². The molecule has 0 aliphatic carbocycles. The van der Waals surface area contributed by atoms with Crippen LogP contribution >= 0.6 is 0 Å². The maximum atomic E-state index is 14.5. The number of hydroxylamine groups is 1. The Morgan fingerprint density at radius 2 is 1.40 bits per heavy atom. The van der Waals surface area contributed by atoms with Gasteiger partial charge in [-0.05, 0) is 59.7 Å². The average Bonchev–Trinajstić information content (AvgIpc) is 3.38. The van der Waals surface area contributed by atoms with Crippen molar-refractivity contribution in [3.8, 4) is 0 Å². The van der Waals surface area contributed by atoms with Gasteiger partial charge in [-0.25, -0.2) is 14.4 Å². The maximum Gasteiger partial charge on any atom is 0.267 e. The summed E-state index contributed by atoms with van der Waals surface area (Å²) in [4.78, 5) is 40.0. The van der Waals surface area contributed by atoms with Crippen LogP contribution in [0.15, 0.2) is 109 Å². The fourth-order valence-electron chi connectivity index (χ4n) is 5.17. The second-order valence-electron chi connectivity index (χ2n) is 8.52. The second-order valence-corrected chi connectivity index (χ2v) is 8.52. The molecular formula is C28H20FN3O3. The first-order valence-electron chi connectivity index (χ1n) is 11.2. The van der Waals surface area contributed by atoms with E-state index in [2.05, 4.69) is 4.98 Å². The van der Waals surface area contributed by atoms with E-state index in [4.69, 9.17) is 4.84 Å². The predicted octanol–water partition coefficient (Wildman–Crippen LogP) is 4.59. The Kier molecular flexibility index (Phi) is 4.93. The number of fused-ring (bicyclic) bond motifs is 1. The summed E-state index contributed by atoms with van der Waals surface area (Å²) >= 11 is 0. The lowest BCUT2D eigenvalue weighted by Crippen LogP contribution is -2.46. The lowest BCUT2D eigenvalue weighted by atomic mass is 9.69. The van der Waals surface area contributed by atoms with Gasteiger partial charge in [0.1, 0.15) is 17.3 Å². The van der Waals surface area contributed by atoms with E-state index in [1.807, 2.05) is 72.8 Å². The fraction of sp³-hybridized carbons (Fsp3) is 0.107. The molecule has 2 fully saturated rings. The average molecular weight is 465 g/mol. The van der Waals surface area contributed by atoms with Crippen LogP contribution in [-0.2, 0) is 19.8 Å². The van der Waals surface area contributed by atoms with Crippen molar-refractivity contribution in [2.45, 2.75) is 17.6 Å².